The Labute approximate surface area is 507 Å². The van der Waals surface area contributed by atoms with Gasteiger partial charge in [0.2, 0.25) is 53.2 Å². The first kappa shape index (κ1) is 78.7. The van der Waals surface area contributed by atoms with Crippen molar-refractivity contribution in [2.24, 2.45) is 34.6 Å². The standard InChI is InChI=1S/C53H99N15O12.C2HF3O2/c1-32(2)31-41(53(79)80)66-49(75)38(19-7-12-26-56)64-47(73)37(18-6-11-25-55)61-44(70)33(3)60-46(72)36(17-5-10-24-54)63-48(74)39(20-8-13-27-57)65-51(77)42-23-16-30-68(42)52(78)43(34(4)69)67-50(76)40(21-9-14-28-58)62-45(71)35-22-15-29-59-35;3-2(4,5)1(6)7/h32-43,59,69H,5-31,54-58H2,1-4H3,(H,60,72)(H,61,70)(H,62,71)(H,63,74)(H,64,73)(H,65,77)(H,66,75)(H,67,76)(H,79,80);(H,6,7)/t33-,34+,35-,36-,37-,38-,39-,40-,41-,42-,43-;/m0./s1. The van der Waals surface area contributed by atoms with Gasteiger partial charge in [-0.25, -0.2) is 9.59 Å². The number of carboxylic acids is 2. The molecule has 32 heteroatoms. The Morgan fingerprint density at radius 1 is 0.506 bits per heavy atom. The van der Waals surface area contributed by atoms with Gasteiger partial charge in [0, 0.05) is 6.54 Å². The van der Waals surface area contributed by atoms with Crippen LogP contribution in [0.4, 0.5) is 13.2 Å². The molecule has 2 fully saturated rings. The van der Waals surface area contributed by atoms with E-state index < -0.39 is 132 Å². The molecule has 11 atom stereocenters. The molecule has 2 saturated heterocycles. The average molecular weight is 1250 g/mol. The Balaban J connectivity index is 0.00000507. The fourth-order valence-electron chi connectivity index (χ4n) is 9.57. The number of carbonyl (C=O) groups excluding carboxylic acids is 9. The number of aliphatic hydroxyl groups excluding tert-OH is 1. The molecule has 0 aromatic heterocycles. The Morgan fingerprint density at radius 2 is 0.874 bits per heavy atom. The fraction of sp³-hybridized carbons (Fsp3) is 0.800. The van der Waals surface area contributed by atoms with E-state index in [2.05, 4.69) is 47.9 Å². The van der Waals surface area contributed by atoms with Crippen molar-refractivity contribution in [2.75, 3.05) is 45.8 Å². The van der Waals surface area contributed by atoms with E-state index in [4.69, 9.17) is 38.6 Å². The predicted molar refractivity (Wildman–Crippen MR) is 314 cm³/mol. The molecule has 0 aromatic rings. The maximum atomic E-state index is 14.3. The molecule has 9 amide bonds. The van der Waals surface area contributed by atoms with Gasteiger partial charge in [-0.2, -0.15) is 13.2 Å². The first-order valence-electron chi connectivity index (χ1n) is 30.3. The molecule has 2 rings (SSSR count). The number of nitrogens with two attached hydrogens (primary N) is 5. The summed E-state index contributed by atoms with van der Waals surface area (Å²) in [5.41, 5.74) is 28.7. The number of aliphatic hydroxyl groups is 1. The summed E-state index contributed by atoms with van der Waals surface area (Å²) in [7, 11) is 0. The van der Waals surface area contributed by atoms with Crippen LogP contribution in [-0.4, -0.2) is 204 Å². The van der Waals surface area contributed by atoms with Gasteiger partial charge in [0.15, 0.2) is 0 Å². The number of amides is 9. The summed E-state index contributed by atoms with van der Waals surface area (Å²) in [6, 6.07) is -11.4. The van der Waals surface area contributed by atoms with Gasteiger partial charge in [-0.1, -0.05) is 13.8 Å². The van der Waals surface area contributed by atoms with Crippen LogP contribution in [0.1, 0.15) is 156 Å². The first-order valence-corrected chi connectivity index (χ1v) is 30.3. The molecule has 0 radical (unpaired) electrons. The second-order valence-electron chi connectivity index (χ2n) is 22.4. The molecule has 0 aromatic carbocycles. The van der Waals surface area contributed by atoms with Crippen molar-refractivity contribution in [2.45, 2.75) is 229 Å². The third kappa shape index (κ3) is 30.4. The lowest BCUT2D eigenvalue weighted by Crippen LogP contribution is -2.61. The fourth-order valence-corrected chi connectivity index (χ4v) is 9.57. The van der Waals surface area contributed by atoms with E-state index in [-0.39, 0.29) is 76.4 Å². The number of halogens is 3. The number of likely N-dealkylation sites (tertiary alicyclic amines) is 1. The number of alkyl halides is 3. The van der Waals surface area contributed by atoms with Gasteiger partial charge in [-0.3, -0.25) is 43.2 Å². The van der Waals surface area contributed by atoms with Gasteiger partial charge in [0.1, 0.15) is 54.4 Å². The summed E-state index contributed by atoms with van der Waals surface area (Å²) in [6.45, 7) is 8.63. The Hall–Kier alpha value is -6.32. The normalized spacial score (nSPS) is 17.9. The lowest BCUT2D eigenvalue weighted by molar-refractivity contribution is -0.192. The number of carboxylic acid groups (broad SMARTS) is 2. The number of carbonyl (C=O) groups is 11. The van der Waals surface area contributed by atoms with Gasteiger partial charge in [-0.05, 0) is 187 Å². The SMILES string of the molecule is CC(C)C[C@H](NC(=O)[C@H](CCCCN)NC(=O)[C@H](CCCCN)NC(=O)[C@H](C)NC(=O)[C@H](CCCCN)NC(=O)[C@H](CCCCN)NC(=O)[C@@H]1CCCN1C(=O)[C@@H](NC(=O)[C@H](CCCCN)NC(=O)[C@@H]1CCCN1)[C@@H](C)O)C(=O)O.O=C(O)C(F)(F)F. The van der Waals surface area contributed by atoms with Gasteiger partial charge in [-0.15, -0.1) is 0 Å². The Kier molecular flexibility index (Phi) is 38.5. The molecule has 0 unspecified atom stereocenters. The van der Waals surface area contributed by atoms with E-state index in [9.17, 15) is 71.3 Å². The van der Waals surface area contributed by atoms with Gasteiger partial charge in [0.25, 0.3) is 0 Å². The molecular weight excluding hydrogens is 1150 g/mol. The number of hydrogen-bond donors (Lipinski definition) is 17. The molecule has 29 nitrogen and oxygen atoms in total. The summed E-state index contributed by atoms with van der Waals surface area (Å²) in [5.74, 6) is -10.2. The molecule has 2 aliphatic heterocycles. The van der Waals surface area contributed by atoms with Crippen LogP contribution in [0.5, 0.6) is 0 Å². The zero-order valence-corrected chi connectivity index (χ0v) is 50.8. The molecule has 2 heterocycles. The molecule has 22 N–H and O–H groups in total. The van der Waals surface area contributed by atoms with Crippen molar-refractivity contribution in [3.63, 3.8) is 0 Å². The number of hydrogen-bond acceptors (Lipinski definition) is 18. The van der Waals surface area contributed by atoms with E-state index >= 15 is 0 Å². The van der Waals surface area contributed by atoms with E-state index in [1.165, 1.54) is 18.7 Å². The van der Waals surface area contributed by atoms with Gasteiger partial charge in [0.05, 0.1) is 12.1 Å². The lowest BCUT2D eigenvalue weighted by atomic mass is 10.0. The summed E-state index contributed by atoms with van der Waals surface area (Å²) >= 11 is 0. The second kappa shape index (κ2) is 42.5. The highest BCUT2D eigenvalue weighted by atomic mass is 19.4. The van der Waals surface area contributed by atoms with Gasteiger partial charge < -0.3 is 96.7 Å². The maximum Gasteiger partial charge on any atom is 0.490 e. The quantitative estimate of drug-likeness (QED) is 0.0280. The summed E-state index contributed by atoms with van der Waals surface area (Å²) in [5, 5.41) is 52.3. The monoisotopic (exact) mass is 1250 g/mol. The van der Waals surface area contributed by atoms with Crippen molar-refractivity contribution in [3.8, 4) is 0 Å². The summed E-state index contributed by atoms with van der Waals surface area (Å²) in [6.07, 6.45) is 0.945. The Bertz CT molecular complexity index is 2180. The molecule has 0 spiro atoms. The van der Waals surface area contributed by atoms with Crippen LogP contribution in [0.2, 0.25) is 0 Å². The first-order chi connectivity index (χ1) is 41.1. The van der Waals surface area contributed by atoms with Crippen LogP contribution in [0.25, 0.3) is 0 Å². The number of aliphatic carboxylic acids is 2. The maximum absolute atomic E-state index is 14.3. The third-order valence-electron chi connectivity index (χ3n) is 14.5. The average Bonchev–Trinajstić information content (AvgIpc) is 3.10. The van der Waals surface area contributed by atoms with E-state index in [1.807, 2.05) is 13.8 Å². The van der Waals surface area contributed by atoms with E-state index in [0.717, 1.165) is 6.42 Å². The minimum absolute atomic E-state index is 0.0603. The number of unbranched alkanes of at least 4 members (excludes halogenated alkanes) is 5. The van der Waals surface area contributed by atoms with Crippen molar-refractivity contribution in [1.29, 1.82) is 0 Å². The highest BCUT2D eigenvalue weighted by Gasteiger charge is 2.42. The van der Waals surface area contributed by atoms with Crippen molar-refractivity contribution >= 4 is 65.1 Å². The van der Waals surface area contributed by atoms with Crippen LogP contribution >= 0.6 is 0 Å². The number of nitrogens with one attached hydrogen (secondary N) is 9. The van der Waals surface area contributed by atoms with E-state index in [0.29, 0.717) is 103 Å². The van der Waals surface area contributed by atoms with Gasteiger partial charge >= 0.3 is 18.1 Å². The van der Waals surface area contributed by atoms with Crippen LogP contribution < -0.4 is 76.5 Å². The predicted octanol–water partition coefficient (Wildman–Crippen LogP) is -2.58. The highest BCUT2D eigenvalue weighted by Crippen LogP contribution is 2.21. The molecule has 87 heavy (non-hydrogen) atoms. The minimum Gasteiger partial charge on any atom is -0.480 e. The van der Waals surface area contributed by atoms with Crippen molar-refractivity contribution < 1.29 is 81.2 Å². The Morgan fingerprint density at radius 3 is 1.23 bits per heavy atom. The highest BCUT2D eigenvalue weighted by molar-refractivity contribution is 5.98. The van der Waals surface area contributed by atoms with Crippen LogP contribution in [0.3, 0.4) is 0 Å². The summed E-state index contributed by atoms with van der Waals surface area (Å²) in [4.78, 5) is 147. The van der Waals surface area contributed by atoms with Crippen molar-refractivity contribution in [3.05, 3.63) is 0 Å². The summed E-state index contributed by atoms with van der Waals surface area (Å²) < 4.78 is 31.7. The van der Waals surface area contributed by atoms with Crippen LogP contribution in [-0.2, 0) is 52.7 Å². The largest absolute Gasteiger partial charge is 0.490 e. The topological polar surface area (TPSA) is 490 Å². The molecule has 500 valence electrons. The second-order valence-corrected chi connectivity index (χ2v) is 22.4. The molecular formula is C55H100F3N15O14. The molecule has 0 bridgehead atoms. The molecule has 2 aliphatic rings. The zero-order chi connectivity index (χ0) is 65.8. The zero-order valence-electron chi connectivity index (χ0n) is 50.8. The molecule has 0 aliphatic carbocycles. The smallest absolute Gasteiger partial charge is 0.480 e. The third-order valence-corrected chi connectivity index (χ3v) is 14.5. The lowest BCUT2D eigenvalue weighted by Gasteiger charge is -2.32. The van der Waals surface area contributed by atoms with Crippen molar-refractivity contribution in [1.82, 2.24) is 52.8 Å². The minimum atomic E-state index is -5.08. The molecule has 0 saturated carbocycles. The number of nitrogens with zero attached hydrogens (tertiary/aromatic N) is 1. The van der Waals surface area contributed by atoms with Crippen LogP contribution in [0.15, 0.2) is 0 Å². The van der Waals surface area contributed by atoms with Crippen LogP contribution in [0, 0.1) is 5.92 Å². The van der Waals surface area contributed by atoms with E-state index in [1.54, 1.807) is 0 Å². The number of rotatable bonds is 41.